The third kappa shape index (κ3) is 2.74. The number of hydrogen-bond donors (Lipinski definition) is 0. The van der Waals surface area contributed by atoms with E-state index in [-0.39, 0.29) is 5.04 Å². The largest absolute Gasteiger partial charge is 0.465 e. The summed E-state index contributed by atoms with van der Waals surface area (Å²) in [7, 11) is -1.93. The van der Waals surface area contributed by atoms with Crippen molar-refractivity contribution in [2.75, 3.05) is 0 Å². The first-order chi connectivity index (χ1) is 7.28. The molecule has 0 unspecified atom stereocenters. The summed E-state index contributed by atoms with van der Waals surface area (Å²) in [6.07, 6.45) is 0.977. The van der Waals surface area contributed by atoms with Gasteiger partial charge in [-0.05, 0) is 30.3 Å². The van der Waals surface area contributed by atoms with Crippen LogP contribution in [-0.4, -0.2) is 8.32 Å². The smallest absolute Gasteiger partial charge is 0.194 e. The minimum atomic E-state index is -1.93. The maximum atomic E-state index is 9.11. The summed E-state index contributed by atoms with van der Waals surface area (Å²) < 4.78 is 11.2. The molecular weight excluding hydrogens is 218 g/mol. The molecule has 1 rings (SSSR count). The number of rotatable bonds is 3. The lowest BCUT2D eigenvalue weighted by molar-refractivity contribution is 0.207. The molecule has 0 radical (unpaired) electrons. The molecule has 0 saturated heterocycles. The van der Waals surface area contributed by atoms with Crippen molar-refractivity contribution in [3.63, 3.8) is 0 Å². The van der Waals surface area contributed by atoms with Crippen LogP contribution in [0, 0.1) is 11.3 Å². The lowest BCUT2D eigenvalue weighted by atomic mass is 10.2. The van der Waals surface area contributed by atoms with Gasteiger partial charge in [0.05, 0.1) is 6.26 Å². The second kappa shape index (κ2) is 4.44. The highest BCUT2D eigenvalue weighted by molar-refractivity contribution is 6.74. The Morgan fingerprint density at radius 3 is 2.44 bits per heavy atom. The van der Waals surface area contributed by atoms with Crippen LogP contribution in [0.25, 0.3) is 0 Å². The fourth-order valence-electron chi connectivity index (χ4n) is 1.06. The van der Waals surface area contributed by atoms with Gasteiger partial charge in [0.2, 0.25) is 0 Å². The highest BCUT2D eigenvalue weighted by Crippen LogP contribution is 2.39. The third-order valence-electron chi connectivity index (χ3n) is 3.14. The van der Waals surface area contributed by atoms with Gasteiger partial charge in [0.25, 0.3) is 0 Å². The molecular formula is C12H19NO2Si. The Bertz CT molecular complexity index is 371. The first-order valence-electron chi connectivity index (χ1n) is 5.39. The molecule has 0 aliphatic heterocycles. The molecule has 0 spiro atoms. The van der Waals surface area contributed by atoms with Crippen molar-refractivity contribution in [1.82, 2.24) is 0 Å². The average molecular weight is 237 g/mol. The second-order valence-electron chi connectivity index (χ2n) is 5.40. The number of hydrogen-bond acceptors (Lipinski definition) is 3. The number of furan rings is 1. The fraction of sp³-hybridized carbons (Fsp3) is 0.583. The van der Waals surface area contributed by atoms with Crippen LogP contribution in [0.4, 0.5) is 0 Å². The Morgan fingerprint density at radius 2 is 2.06 bits per heavy atom. The van der Waals surface area contributed by atoms with Gasteiger partial charge in [-0.15, -0.1) is 0 Å². The Kier molecular flexibility index (Phi) is 3.61. The highest BCUT2D eigenvalue weighted by atomic mass is 28.4. The van der Waals surface area contributed by atoms with Crippen molar-refractivity contribution < 1.29 is 8.84 Å². The molecule has 1 heterocycles. The Hall–Kier alpha value is -1.05. The van der Waals surface area contributed by atoms with Crippen molar-refractivity contribution in [2.45, 2.75) is 45.0 Å². The zero-order valence-electron chi connectivity index (χ0n) is 10.6. The summed E-state index contributed by atoms with van der Waals surface area (Å²) in [6.45, 7) is 10.7. The molecule has 88 valence electrons. The van der Waals surface area contributed by atoms with Crippen LogP contribution in [-0.2, 0) is 4.43 Å². The van der Waals surface area contributed by atoms with E-state index in [0.717, 1.165) is 0 Å². The van der Waals surface area contributed by atoms with E-state index in [1.807, 2.05) is 0 Å². The summed E-state index contributed by atoms with van der Waals surface area (Å²) >= 11 is 0. The van der Waals surface area contributed by atoms with Crippen LogP contribution in [0.1, 0.15) is 32.6 Å². The molecule has 0 saturated carbocycles. The van der Waals surface area contributed by atoms with Gasteiger partial charge in [0.1, 0.15) is 11.8 Å². The quantitative estimate of drug-likeness (QED) is 0.750. The van der Waals surface area contributed by atoms with Gasteiger partial charge in [0, 0.05) is 0 Å². The van der Waals surface area contributed by atoms with E-state index >= 15 is 0 Å². The van der Waals surface area contributed by atoms with E-state index in [4.69, 9.17) is 14.1 Å². The normalized spacial score (nSPS) is 14.5. The van der Waals surface area contributed by atoms with E-state index in [2.05, 4.69) is 39.9 Å². The van der Waals surface area contributed by atoms with Gasteiger partial charge >= 0.3 is 0 Å². The lowest BCUT2D eigenvalue weighted by Crippen LogP contribution is -2.41. The molecule has 0 bridgehead atoms. The molecule has 0 fully saturated rings. The lowest BCUT2D eigenvalue weighted by Gasteiger charge is -2.37. The van der Waals surface area contributed by atoms with Crippen LogP contribution in [0.2, 0.25) is 18.1 Å². The number of nitrogens with zero attached hydrogens (tertiary/aromatic N) is 1. The average Bonchev–Trinajstić information content (AvgIpc) is 2.65. The summed E-state index contributed by atoms with van der Waals surface area (Å²) in [5.74, 6) is 0.590. The molecule has 1 aromatic heterocycles. The molecule has 1 atom stereocenters. The van der Waals surface area contributed by atoms with Crippen molar-refractivity contribution >= 4 is 8.32 Å². The van der Waals surface area contributed by atoms with E-state index in [1.54, 1.807) is 18.4 Å². The van der Waals surface area contributed by atoms with Crippen molar-refractivity contribution in [2.24, 2.45) is 0 Å². The zero-order valence-corrected chi connectivity index (χ0v) is 11.6. The molecule has 0 aliphatic rings. The molecule has 4 heteroatoms. The van der Waals surface area contributed by atoms with Gasteiger partial charge in [-0.3, -0.25) is 0 Å². The van der Waals surface area contributed by atoms with Crippen molar-refractivity contribution in [3.05, 3.63) is 24.2 Å². The molecule has 3 nitrogen and oxygen atoms in total. The Labute approximate surface area is 98.2 Å². The maximum absolute atomic E-state index is 9.11. The van der Waals surface area contributed by atoms with E-state index in [1.165, 1.54) is 0 Å². The Morgan fingerprint density at radius 1 is 1.44 bits per heavy atom. The molecule has 0 aliphatic carbocycles. The molecule has 0 aromatic carbocycles. The highest BCUT2D eigenvalue weighted by Gasteiger charge is 2.40. The monoisotopic (exact) mass is 237 g/mol. The zero-order chi connectivity index (χ0) is 12.4. The minimum absolute atomic E-state index is 0.0920. The number of nitriles is 1. The molecule has 0 amide bonds. The van der Waals surface area contributed by atoms with Gasteiger partial charge < -0.3 is 8.84 Å². The maximum Gasteiger partial charge on any atom is 0.194 e. The predicted octanol–water partition coefficient (Wildman–Crippen LogP) is 3.87. The second-order valence-corrected chi connectivity index (χ2v) is 10.2. The van der Waals surface area contributed by atoms with Crippen LogP contribution < -0.4 is 0 Å². The van der Waals surface area contributed by atoms with Crippen LogP contribution >= 0.6 is 0 Å². The van der Waals surface area contributed by atoms with Gasteiger partial charge in [-0.2, -0.15) is 5.26 Å². The Balaban J connectivity index is 2.84. The van der Waals surface area contributed by atoms with E-state index < -0.39 is 14.4 Å². The molecule has 16 heavy (non-hydrogen) atoms. The first kappa shape index (κ1) is 13.0. The summed E-state index contributed by atoms with van der Waals surface area (Å²) in [5.41, 5.74) is 0. The van der Waals surface area contributed by atoms with Crippen molar-refractivity contribution in [1.29, 1.82) is 5.26 Å². The van der Waals surface area contributed by atoms with Gasteiger partial charge in [0.15, 0.2) is 14.4 Å². The predicted molar refractivity (Wildman–Crippen MR) is 65.3 cm³/mol. The summed E-state index contributed by atoms with van der Waals surface area (Å²) in [4.78, 5) is 0. The van der Waals surface area contributed by atoms with Crippen LogP contribution in [0.15, 0.2) is 22.8 Å². The summed E-state index contributed by atoms with van der Waals surface area (Å²) in [5, 5.41) is 9.21. The van der Waals surface area contributed by atoms with Gasteiger partial charge in [-0.25, -0.2) is 0 Å². The van der Waals surface area contributed by atoms with Crippen molar-refractivity contribution in [3.8, 4) is 6.07 Å². The molecule has 1 aromatic rings. The standard InChI is InChI=1S/C12H19NO2Si/c1-12(2,3)16(4,5)15-11(9-13)10-7-6-8-14-10/h6-8,11H,1-5H3/t11-/m1/s1. The van der Waals surface area contributed by atoms with E-state index in [0.29, 0.717) is 5.76 Å². The van der Waals surface area contributed by atoms with Gasteiger partial charge in [-0.1, -0.05) is 20.8 Å². The summed E-state index contributed by atoms with van der Waals surface area (Å²) in [6, 6.07) is 5.70. The topological polar surface area (TPSA) is 46.2 Å². The van der Waals surface area contributed by atoms with E-state index in [9.17, 15) is 0 Å². The van der Waals surface area contributed by atoms with Crippen LogP contribution in [0.5, 0.6) is 0 Å². The van der Waals surface area contributed by atoms with Crippen LogP contribution in [0.3, 0.4) is 0 Å². The third-order valence-corrected chi connectivity index (χ3v) is 7.57. The fourth-order valence-corrected chi connectivity index (χ4v) is 2.17. The minimum Gasteiger partial charge on any atom is -0.465 e. The molecule has 0 N–H and O–H groups in total. The first-order valence-corrected chi connectivity index (χ1v) is 8.29. The SMILES string of the molecule is CC(C)(C)[Si](C)(C)O[C@H](C#N)c1ccco1.